The number of hydrogen-bond acceptors (Lipinski definition) is 5. The summed E-state index contributed by atoms with van der Waals surface area (Å²) < 4.78 is 0. The SMILES string of the molecule is CN1CCN(c2ccc(-c3cccc(NC(=O)c4ccc5ccccc5c4)c3)nn2)CC1. The van der Waals surface area contributed by atoms with Crippen molar-refractivity contribution in [2.75, 3.05) is 43.4 Å². The molecule has 0 spiro atoms. The van der Waals surface area contributed by atoms with Crippen LogP contribution in [0.1, 0.15) is 10.4 Å². The molecule has 0 saturated carbocycles. The molecule has 32 heavy (non-hydrogen) atoms. The Morgan fingerprint density at radius 3 is 2.41 bits per heavy atom. The second-order valence-electron chi connectivity index (χ2n) is 8.16. The number of hydrogen-bond donors (Lipinski definition) is 1. The lowest BCUT2D eigenvalue weighted by Crippen LogP contribution is -2.44. The highest BCUT2D eigenvalue weighted by Crippen LogP contribution is 2.23. The minimum atomic E-state index is -0.135. The van der Waals surface area contributed by atoms with Crippen LogP contribution in [0.3, 0.4) is 0 Å². The maximum Gasteiger partial charge on any atom is 0.255 e. The van der Waals surface area contributed by atoms with Crippen LogP contribution in [0.2, 0.25) is 0 Å². The van der Waals surface area contributed by atoms with Crippen molar-refractivity contribution in [3.63, 3.8) is 0 Å². The summed E-state index contributed by atoms with van der Waals surface area (Å²) in [5.74, 6) is 0.770. The molecule has 0 aliphatic carbocycles. The molecule has 1 amide bonds. The number of carbonyl (C=O) groups excluding carboxylic acids is 1. The molecule has 3 aromatic carbocycles. The third-order valence-corrected chi connectivity index (χ3v) is 5.91. The largest absolute Gasteiger partial charge is 0.353 e. The molecule has 2 heterocycles. The van der Waals surface area contributed by atoms with E-state index in [0.29, 0.717) is 5.56 Å². The van der Waals surface area contributed by atoms with E-state index in [0.717, 1.165) is 59.7 Å². The smallest absolute Gasteiger partial charge is 0.255 e. The zero-order valence-corrected chi connectivity index (χ0v) is 18.0. The monoisotopic (exact) mass is 423 g/mol. The quantitative estimate of drug-likeness (QED) is 0.530. The first-order chi connectivity index (χ1) is 15.7. The average molecular weight is 424 g/mol. The number of amides is 1. The highest BCUT2D eigenvalue weighted by Gasteiger charge is 2.16. The second kappa shape index (κ2) is 8.77. The number of aromatic nitrogens is 2. The summed E-state index contributed by atoms with van der Waals surface area (Å²) in [6.45, 7) is 3.98. The maximum atomic E-state index is 12.8. The molecule has 0 atom stereocenters. The molecule has 6 nitrogen and oxygen atoms in total. The molecule has 5 rings (SSSR count). The lowest BCUT2D eigenvalue weighted by atomic mass is 10.1. The molecule has 1 saturated heterocycles. The Morgan fingerprint density at radius 2 is 1.62 bits per heavy atom. The van der Waals surface area contributed by atoms with Gasteiger partial charge in [-0.1, -0.05) is 42.5 Å². The van der Waals surface area contributed by atoms with Crippen molar-refractivity contribution in [2.45, 2.75) is 0 Å². The van der Waals surface area contributed by atoms with E-state index in [-0.39, 0.29) is 5.91 Å². The molecular weight excluding hydrogens is 398 g/mol. The molecular formula is C26H25N5O. The fourth-order valence-electron chi connectivity index (χ4n) is 3.97. The molecule has 160 valence electrons. The van der Waals surface area contributed by atoms with Crippen LogP contribution < -0.4 is 10.2 Å². The molecule has 0 unspecified atom stereocenters. The molecule has 6 heteroatoms. The van der Waals surface area contributed by atoms with Crippen molar-refractivity contribution in [1.82, 2.24) is 15.1 Å². The van der Waals surface area contributed by atoms with E-state index in [1.807, 2.05) is 78.9 Å². The number of anilines is 2. The first kappa shape index (κ1) is 20.2. The van der Waals surface area contributed by atoms with Crippen LogP contribution in [-0.2, 0) is 0 Å². The standard InChI is InChI=1S/C26H25N5O/c1-30-13-15-31(16-14-30)25-12-11-24(28-29-25)21-7-4-8-23(18-21)27-26(32)22-10-9-19-5-2-3-6-20(19)17-22/h2-12,17-18H,13-16H2,1H3,(H,27,32). The summed E-state index contributed by atoms with van der Waals surface area (Å²) >= 11 is 0. The zero-order chi connectivity index (χ0) is 21.9. The van der Waals surface area contributed by atoms with Crippen LogP contribution in [0.5, 0.6) is 0 Å². The number of fused-ring (bicyclic) bond motifs is 1. The molecule has 1 aliphatic rings. The topological polar surface area (TPSA) is 61.4 Å². The van der Waals surface area contributed by atoms with Gasteiger partial charge in [0.05, 0.1) is 5.69 Å². The van der Waals surface area contributed by atoms with E-state index in [9.17, 15) is 4.79 Å². The average Bonchev–Trinajstić information content (AvgIpc) is 2.84. The van der Waals surface area contributed by atoms with E-state index < -0.39 is 0 Å². The summed E-state index contributed by atoms with van der Waals surface area (Å²) in [5.41, 5.74) is 3.06. The van der Waals surface area contributed by atoms with Crippen LogP contribution >= 0.6 is 0 Å². The van der Waals surface area contributed by atoms with E-state index in [1.165, 1.54) is 0 Å². The van der Waals surface area contributed by atoms with Crippen LogP contribution in [0.15, 0.2) is 78.9 Å². The zero-order valence-electron chi connectivity index (χ0n) is 18.0. The number of benzene rings is 3. The van der Waals surface area contributed by atoms with Gasteiger partial charge in [0.15, 0.2) is 5.82 Å². The Kier molecular flexibility index (Phi) is 5.52. The van der Waals surface area contributed by atoms with Gasteiger partial charge in [0.2, 0.25) is 0 Å². The highest BCUT2D eigenvalue weighted by atomic mass is 16.1. The first-order valence-corrected chi connectivity index (χ1v) is 10.8. The minimum Gasteiger partial charge on any atom is -0.353 e. The van der Waals surface area contributed by atoms with Gasteiger partial charge in [-0.15, -0.1) is 10.2 Å². The maximum absolute atomic E-state index is 12.8. The predicted molar refractivity (Wildman–Crippen MR) is 129 cm³/mol. The normalized spacial score (nSPS) is 14.5. The molecule has 1 aliphatic heterocycles. The number of piperazine rings is 1. The molecule has 0 bridgehead atoms. The lowest BCUT2D eigenvalue weighted by molar-refractivity contribution is 0.102. The number of likely N-dealkylation sites (N-methyl/N-ethyl adjacent to an activating group) is 1. The summed E-state index contributed by atoms with van der Waals surface area (Å²) in [5, 5.41) is 14.0. The van der Waals surface area contributed by atoms with E-state index >= 15 is 0 Å². The lowest BCUT2D eigenvalue weighted by Gasteiger charge is -2.32. The van der Waals surface area contributed by atoms with Crippen LogP contribution in [0, 0.1) is 0 Å². The van der Waals surface area contributed by atoms with Crippen LogP contribution in [0.4, 0.5) is 11.5 Å². The second-order valence-corrected chi connectivity index (χ2v) is 8.16. The van der Waals surface area contributed by atoms with Crippen molar-refractivity contribution in [3.05, 3.63) is 84.4 Å². The van der Waals surface area contributed by atoms with Gasteiger partial charge in [0.25, 0.3) is 5.91 Å². The molecule has 1 aromatic heterocycles. The van der Waals surface area contributed by atoms with E-state index in [4.69, 9.17) is 0 Å². The third-order valence-electron chi connectivity index (χ3n) is 5.91. The van der Waals surface area contributed by atoms with E-state index in [2.05, 4.69) is 32.4 Å². The van der Waals surface area contributed by atoms with Crippen molar-refractivity contribution < 1.29 is 4.79 Å². The van der Waals surface area contributed by atoms with Gasteiger partial charge >= 0.3 is 0 Å². The fraction of sp³-hybridized carbons (Fsp3) is 0.192. The van der Waals surface area contributed by atoms with E-state index in [1.54, 1.807) is 0 Å². The number of nitrogens with one attached hydrogen (secondary N) is 1. The summed E-state index contributed by atoms with van der Waals surface area (Å²) in [4.78, 5) is 17.4. The highest BCUT2D eigenvalue weighted by molar-refractivity contribution is 6.06. The Bertz CT molecular complexity index is 1250. The number of rotatable bonds is 4. The van der Waals surface area contributed by atoms with Crippen molar-refractivity contribution in [3.8, 4) is 11.3 Å². The van der Waals surface area contributed by atoms with Gasteiger partial charge < -0.3 is 15.1 Å². The molecule has 4 aromatic rings. The fourth-order valence-corrected chi connectivity index (χ4v) is 3.97. The predicted octanol–water partition coefficient (Wildman–Crippen LogP) is 4.30. The summed E-state index contributed by atoms with van der Waals surface area (Å²) in [6, 6.07) is 25.5. The van der Waals surface area contributed by atoms with Crippen LogP contribution in [0.25, 0.3) is 22.0 Å². The Morgan fingerprint density at radius 1 is 0.812 bits per heavy atom. The molecule has 1 fully saturated rings. The van der Waals surface area contributed by atoms with Gasteiger partial charge in [-0.05, 0) is 54.2 Å². The third kappa shape index (κ3) is 4.31. The Balaban J connectivity index is 1.31. The van der Waals surface area contributed by atoms with Crippen LogP contribution in [-0.4, -0.2) is 54.2 Å². The van der Waals surface area contributed by atoms with Gasteiger partial charge in [-0.2, -0.15) is 0 Å². The van der Waals surface area contributed by atoms with Crippen molar-refractivity contribution in [1.29, 1.82) is 0 Å². The first-order valence-electron chi connectivity index (χ1n) is 10.8. The molecule has 0 radical (unpaired) electrons. The Labute approximate surface area is 187 Å². The minimum absolute atomic E-state index is 0.135. The number of nitrogens with zero attached hydrogens (tertiary/aromatic N) is 4. The van der Waals surface area contributed by atoms with Crippen molar-refractivity contribution >= 4 is 28.2 Å². The van der Waals surface area contributed by atoms with Gasteiger partial charge in [0.1, 0.15) is 0 Å². The Hall–Kier alpha value is -3.77. The summed E-state index contributed by atoms with van der Waals surface area (Å²) in [7, 11) is 2.14. The summed E-state index contributed by atoms with van der Waals surface area (Å²) in [6.07, 6.45) is 0. The molecule has 1 N–H and O–H groups in total. The number of carbonyl (C=O) groups is 1. The van der Waals surface area contributed by atoms with Gasteiger partial charge in [-0.25, -0.2) is 0 Å². The van der Waals surface area contributed by atoms with Crippen molar-refractivity contribution in [2.24, 2.45) is 0 Å². The van der Waals surface area contributed by atoms with Gasteiger partial charge in [0, 0.05) is 43.0 Å². The van der Waals surface area contributed by atoms with Gasteiger partial charge in [-0.3, -0.25) is 4.79 Å².